The number of carbonyl (C=O) groups excluding carboxylic acids is 1. The number of hydrogen-bond acceptors (Lipinski definition) is 3. The molecule has 1 aromatic carbocycles. The largest absolute Gasteiger partial charge is 0.339 e. The van der Waals surface area contributed by atoms with Crippen LogP contribution in [0.4, 0.5) is 0 Å². The highest BCUT2D eigenvalue weighted by molar-refractivity contribution is 7.90. The minimum absolute atomic E-state index is 0.0639. The van der Waals surface area contributed by atoms with Crippen molar-refractivity contribution in [1.29, 1.82) is 0 Å². The van der Waals surface area contributed by atoms with Gasteiger partial charge in [-0.2, -0.15) is 0 Å². The number of sulfonamides is 1. The molecule has 0 spiro atoms. The number of benzene rings is 1. The molecule has 5 nitrogen and oxygen atoms in total. The third-order valence-corrected chi connectivity index (χ3v) is 5.73. The summed E-state index contributed by atoms with van der Waals surface area (Å²) in [5, 5.41) is -0.451. The second kappa shape index (κ2) is 7.24. The predicted molar refractivity (Wildman–Crippen MR) is 87.1 cm³/mol. The van der Waals surface area contributed by atoms with Crippen molar-refractivity contribution in [1.82, 2.24) is 9.62 Å². The Morgan fingerprint density at radius 2 is 1.73 bits per heavy atom. The molecule has 22 heavy (non-hydrogen) atoms. The van der Waals surface area contributed by atoms with Gasteiger partial charge < -0.3 is 4.90 Å². The second-order valence-electron chi connectivity index (χ2n) is 5.96. The molecule has 0 saturated carbocycles. The van der Waals surface area contributed by atoms with Crippen LogP contribution in [-0.2, 0) is 16.6 Å². The molecule has 1 heterocycles. The molecule has 0 aliphatic carbocycles. The van der Waals surface area contributed by atoms with E-state index < -0.39 is 15.3 Å². The number of carbonyl (C=O) groups is 1. The molecule has 1 aliphatic heterocycles. The van der Waals surface area contributed by atoms with Crippen LogP contribution in [-0.4, -0.2) is 37.6 Å². The highest BCUT2D eigenvalue weighted by atomic mass is 32.2. The van der Waals surface area contributed by atoms with Crippen LogP contribution in [0.1, 0.15) is 49.0 Å². The van der Waals surface area contributed by atoms with Gasteiger partial charge in [0.25, 0.3) is 5.91 Å². The Labute approximate surface area is 132 Å². The number of nitrogens with one attached hydrogen (secondary N) is 1. The van der Waals surface area contributed by atoms with E-state index in [1.165, 1.54) is 6.42 Å². The topological polar surface area (TPSA) is 66.5 Å². The van der Waals surface area contributed by atoms with Crippen LogP contribution in [0.15, 0.2) is 24.3 Å². The normalized spacial score (nSPS) is 16.0. The van der Waals surface area contributed by atoms with Crippen molar-refractivity contribution in [2.24, 2.45) is 0 Å². The summed E-state index contributed by atoms with van der Waals surface area (Å²) in [6.07, 6.45) is 3.33. The first-order valence-electron chi connectivity index (χ1n) is 7.77. The van der Waals surface area contributed by atoms with Crippen molar-refractivity contribution < 1.29 is 13.2 Å². The number of nitrogens with zero attached hydrogens (tertiary/aromatic N) is 1. The van der Waals surface area contributed by atoms with E-state index in [9.17, 15) is 13.2 Å². The molecule has 0 aromatic heterocycles. The van der Waals surface area contributed by atoms with Gasteiger partial charge in [0.15, 0.2) is 0 Å². The summed E-state index contributed by atoms with van der Waals surface area (Å²) in [7, 11) is -3.27. The average Bonchev–Trinajstić information content (AvgIpc) is 2.53. The van der Waals surface area contributed by atoms with E-state index in [-0.39, 0.29) is 12.5 Å². The summed E-state index contributed by atoms with van der Waals surface area (Å²) in [4.78, 5) is 14.2. The summed E-state index contributed by atoms with van der Waals surface area (Å²) < 4.78 is 26.0. The van der Waals surface area contributed by atoms with E-state index in [1.807, 2.05) is 4.90 Å². The Bertz CT molecular complexity index is 603. The fraction of sp³-hybridized carbons (Fsp3) is 0.562. The minimum Gasteiger partial charge on any atom is -0.339 e. The number of amides is 1. The maximum absolute atomic E-state index is 12.3. The zero-order valence-electron chi connectivity index (χ0n) is 13.2. The molecule has 6 heteroatoms. The van der Waals surface area contributed by atoms with Gasteiger partial charge in [0.05, 0.1) is 5.25 Å². The third-order valence-electron chi connectivity index (χ3n) is 3.94. The standard InChI is InChI=1S/C16H24N2O3S/c1-13(2)22(20,21)17-12-14-6-8-15(9-7-14)16(19)18-10-4-3-5-11-18/h6-9,13,17H,3-5,10-12H2,1-2H3. The monoisotopic (exact) mass is 324 g/mol. The molecule has 1 fully saturated rings. The van der Waals surface area contributed by atoms with Gasteiger partial charge in [-0.15, -0.1) is 0 Å². The van der Waals surface area contributed by atoms with Crippen molar-refractivity contribution >= 4 is 15.9 Å². The molecule has 1 amide bonds. The van der Waals surface area contributed by atoms with Gasteiger partial charge in [-0.3, -0.25) is 4.79 Å². The molecule has 1 saturated heterocycles. The molecule has 0 radical (unpaired) electrons. The summed E-state index contributed by atoms with van der Waals surface area (Å²) in [5.41, 5.74) is 1.51. The zero-order chi connectivity index (χ0) is 16.2. The predicted octanol–water partition coefficient (Wildman–Crippen LogP) is 2.14. The van der Waals surface area contributed by atoms with Crippen molar-refractivity contribution in [3.63, 3.8) is 0 Å². The summed E-state index contributed by atoms with van der Waals surface area (Å²) >= 11 is 0. The fourth-order valence-corrected chi connectivity index (χ4v) is 3.10. The highest BCUT2D eigenvalue weighted by Gasteiger charge is 2.18. The van der Waals surface area contributed by atoms with Crippen LogP contribution in [0.2, 0.25) is 0 Å². The number of likely N-dealkylation sites (tertiary alicyclic amines) is 1. The summed E-state index contributed by atoms with van der Waals surface area (Å²) in [5.74, 6) is 0.0639. The SMILES string of the molecule is CC(C)S(=O)(=O)NCc1ccc(C(=O)N2CCCCC2)cc1. The van der Waals surface area contributed by atoms with Crippen LogP contribution in [0.3, 0.4) is 0 Å². The maximum atomic E-state index is 12.3. The van der Waals surface area contributed by atoms with Crippen LogP contribution in [0.5, 0.6) is 0 Å². The Balaban J connectivity index is 1.96. The lowest BCUT2D eigenvalue weighted by Crippen LogP contribution is -2.35. The molecule has 1 N–H and O–H groups in total. The van der Waals surface area contributed by atoms with E-state index in [0.29, 0.717) is 5.56 Å². The molecular formula is C16H24N2O3S. The molecule has 1 aliphatic rings. The third kappa shape index (κ3) is 4.30. The van der Waals surface area contributed by atoms with Crippen LogP contribution in [0.25, 0.3) is 0 Å². The van der Waals surface area contributed by atoms with Gasteiger partial charge >= 0.3 is 0 Å². The van der Waals surface area contributed by atoms with E-state index in [4.69, 9.17) is 0 Å². The maximum Gasteiger partial charge on any atom is 0.253 e. The van der Waals surface area contributed by atoms with Gasteiger partial charge in [0.2, 0.25) is 10.0 Å². The molecular weight excluding hydrogens is 300 g/mol. The van der Waals surface area contributed by atoms with Gasteiger partial charge in [0, 0.05) is 25.2 Å². The van der Waals surface area contributed by atoms with Gasteiger partial charge in [0.1, 0.15) is 0 Å². The zero-order valence-corrected chi connectivity index (χ0v) is 14.0. The Kier molecular flexibility index (Phi) is 5.58. The van der Waals surface area contributed by atoms with Crippen molar-refractivity contribution in [2.75, 3.05) is 13.1 Å². The summed E-state index contributed by atoms with van der Waals surface area (Å²) in [6, 6.07) is 7.16. The van der Waals surface area contributed by atoms with E-state index in [1.54, 1.807) is 38.1 Å². The molecule has 0 unspecified atom stereocenters. The smallest absolute Gasteiger partial charge is 0.253 e. The Morgan fingerprint density at radius 1 is 1.14 bits per heavy atom. The van der Waals surface area contributed by atoms with E-state index in [2.05, 4.69) is 4.72 Å². The molecule has 1 aromatic rings. The Morgan fingerprint density at radius 3 is 2.27 bits per heavy atom. The quantitative estimate of drug-likeness (QED) is 0.902. The van der Waals surface area contributed by atoms with Gasteiger partial charge in [-0.25, -0.2) is 13.1 Å². The van der Waals surface area contributed by atoms with Crippen molar-refractivity contribution in [3.05, 3.63) is 35.4 Å². The fourth-order valence-electron chi connectivity index (χ4n) is 2.40. The number of hydrogen-bond donors (Lipinski definition) is 1. The molecule has 2 rings (SSSR count). The van der Waals surface area contributed by atoms with Gasteiger partial charge in [-0.05, 0) is 50.8 Å². The average molecular weight is 324 g/mol. The van der Waals surface area contributed by atoms with E-state index in [0.717, 1.165) is 31.5 Å². The number of piperidine rings is 1. The Hall–Kier alpha value is -1.40. The molecule has 0 atom stereocenters. The van der Waals surface area contributed by atoms with Crippen molar-refractivity contribution in [2.45, 2.75) is 44.9 Å². The minimum atomic E-state index is -3.27. The lowest BCUT2D eigenvalue weighted by atomic mass is 10.1. The van der Waals surface area contributed by atoms with Crippen LogP contribution < -0.4 is 4.72 Å². The number of rotatable bonds is 5. The second-order valence-corrected chi connectivity index (χ2v) is 8.29. The van der Waals surface area contributed by atoms with Crippen molar-refractivity contribution in [3.8, 4) is 0 Å². The van der Waals surface area contributed by atoms with E-state index >= 15 is 0 Å². The first-order chi connectivity index (χ1) is 10.4. The lowest BCUT2D eigenvalue weighted by Gasteiger charge is -2.26. The molecule has 0 bridgehead atoms. The first kappa shape index (κ1) is 17.0. The highest BCUT2D eigenvalue weighted by Crippen LogP contribution is 2.14. The lowest BCUT2D eigenvalue weighted by molar-refractivity contribution is 0.0724. The summed E-state index contributed by atoms with van der Waals surface area (Å²) in [6.45, 7) is 5.19. The first-order valence-corrected chi connectivity index (χ1v) is 9.31. The van der Waals surface area contributed by atoms with Crippen LogP contribution in [0, 0.1) is 0 Å². The van der Waals surface area contributed by atoms with Gasteiger partial charge in [-0.1, -0.05) is 12.1 Å². The molecule has 122 valence electrons. The van der Waals surface area contributed by atoms with Crippen LogP contribution >= 0.6 is 0 Å².